The number of hydrogen-bond acceptors (Lipinski definition) is 7. The fourth-order valence-electron chi connectivity index (χ4n) is 4.28. The number of nitrogens with one attached hydrogen (secondary N) is 1. The average Bonchev–Trinajstić information content (AvgIpc) is 2.92. The van der Waals surface area contributed by atoms with E-state index < -0.39 is 11.7 Å². The highest BCUT2D eigenvalue weighted by Gasteiger charge is 2.30. The molecule has 0 saturated carbocycles. The summed E-state index contributed by atoms with van der Waals surface area (Å²) in [5, 5.41) is 3.33. The summed E-state index contributed by atoms with van der Waals surface area (Å²) in [6.45, 7) is 3.50. The van der Waals surface area contributed by atoms with Gasteiger partial charge in [-0.2, -0.15) is 13.2 Å². The van der Waals surface area contributed by atoms with Gasteiger partial charge in [0, 0.05) is 55.8 Å². The normalized spacial score (nSPS) is 14.5. The summed E-state index contributed by atoms with van der Waals surface area (Å²) in [7, 11) is 1.61. The number of carbonyl (C=O) groups excluding carboxylic acids is 1. The monoisotopic (exact) mass is 564 g/mol. The molecule has 1 saturated heterocycles. The Kier molecular flexibility index (Phi) is 9.73. The van der Waals surface area contributed by atoms with E-state index >= 15 is 0 Å². The van der Waals surface area contributed by atoms with Gasteiger partial charge in [-0.15, -0.1) is 11.8 Å². The van der Waals surface area contributed by atoms with E-state index in [1.165, 1.54) is 24.6 Å². The molecule has 1 aromatic carbocycles. The first kappa shape index (κ1) is 28.8. The van der Waals surface area contributed by atoms with Gasteiger partial charge in [0.2, 0.25) is 11.2 Å². The number of alkyl halides is 3. The van der Waals surface area contributed by atoms with Crippen LogP contribution in [0.15, 0.2) is 56.9 Å². The van der Waals surface area contributed by atoms with Crippen molar-refractivity contribution in [3.63, 3.8) is 0 Å². The zero-order valence-corrected chi connectivity index (χ0v) is 22.4. The Morgan fingerprint density at radius 2 is 1.92 bits per heavy atom. The van der Waals surface area contributed by atoms with Crippen LogP contribution >= 0.6 is 11.8 Å². The first-order valence-electron chi connectivity index (χ1n) is 12.8. The van der Waals surface area contributed by atoms with Crippen molar-refractivity contribution in [3.05, 3.63) is 64.3 Å². The molecule has 1 aliphatic heterocycles. The smallest absolute Gasteiger partial charge is 0.416 e. The lowest BCUT2D eigenvalue weighted by Gasteiger charge is -2.34. The molecule has 39 heavy (non-hydrogen) atoms. The molecule has 3 aromatic rings. The van der Waals surface area contributed by atoms with E-state index in [1.54, 1.807) is 23.7 Å². The summed E-state index contributed by atoms with van der Waals surface area (Å²) in [5.74, 6) is 1.53. The van der Waals surface area contributed by atoms with E-state index in [0.717, 1.165) is 42.0 Å². The molecule has 2 aromatic heterocycles. The molecule has 1 N–H and O–H groups in total. The van der Waals surface area contributed by atoms with Crippen LogP contribution in [0.5, 0.6) is 5.75 Å². The number of amides is 2. The standard InChI is InChI=1S/C27H31F3N4O4S/c1-31-26(36)34-11-9-33(10-12-34)17-20-16-23(35)24(18-38-20)37-13-3-2-4-14-39-25-7-8-32-22-15-19(27(28,29)30)5-6-21(22)25/h5-8,15-16,18H,2-4,9-14,17H2,1H3,(H,31,36). The Bertz CT molecular complexity index is 1330. The number of urea groups is 1. The number of benzene rings is 1. The highest BCUT2D eigenvalue weighted by molar-refractivity contribution is 7.99. The maximum Gasteiger partial charge on any atom is 0.416 e. The number of hydrogen-bond donors (Lipinski definition) is 1. The molecule has 8 nitrogen and oxygen atoms in total. The Hall–Kier alpha value is -3.25. The number of thioether (sulfide) groups is 1. The SMILES string of the molecule is CNC(=O)N1CCN(Cc2cc(=O)c(OCCCCCSc3ccnc4cc(C(F)(F)F)ccc34)co2)CC1. The number of pyridine rings is 1. The second-order valence-corrected chi connectivity index (χ2v) is 10.3. The van der Waals surface area contributed by atoms with Gasteiger partial charge in [0.1, 0.15) is 12.0 Å². The summed E-state index contributed by atoms with van der Waals surface area (Å²) < 4.78 is 50.1. The van der Waals surface area contributed by atoms with Crippen molar-refractivity contribution in [2.75, 3.05) is 45.6 Å². The highest BCUT2D eigenvalue weighted by atomic mass is 32.2. The maximum atomic E-state index is 13.0. The van der Waals surface area contributed by atoms with Gasteiger partial charge in [-0.05, 0) is 43.2 Å². The molecular formula is C27H31F3N4O4S. The van der Waals surface area contributed by atoms with Gasteiger partial charge in [-0.1, -0.05) is 6.07 Å². The van der Waals surface area contributed by atoms with Crippen LogP contribution in [-0.4, -0.2) is 66.4 Å². The number of ether oxygens (including phenoxy) is 1. The number of piperazine rings is 1. The van der Waals surface area contributed by atoms with Crippen LogP contribution in [0.4, 0.5) is 18.0 Å². The average molecular weight is 565 g/mol. The molecule has 210 valence electrons. The zero-order chi connectivity index (χ0) is 27.8. The minimum atomic E-state index is -4.39. The molecule has 2 amide bonds. The third-order valence-electron chi connectivity index (χ3n) is 6.44. The summed E-state index contributed by atoms with van der Waals surface area (Å²) in [5.41, 5.74) is -0.600. The second-order valence-electron chi connectivity index (χ2n) is 9.19. The van der Waals surface area contributed by atoms with Crippen LogP contribution in [0, 0.1) is 0 Å². The van der Waals surface area contributed by atoms with Crippen LogP contribution in [-0.2, 0) is 12.7 Å². The van der Waals surface area contributed by atoms with Crippen LogP contribution < -0.4 is 15.5 Å². The van der Waals surface area contributed by atoms with E-state index in [2.05, 4.69) is 15.2 Å². The molecule has 1 aliphatic rings. The van der Waals surface area contributed by atoms with Gasteiger partial charge >= 0.3 is 12.2 Å². The second kappa shape index (κ2) is 13.2. The van der Waals surface area contributed by atoms with Crippen molar-refractivity contribution in [3.8, 4) is 5.75 Å². The number of rotatable bonds is 10. The van der Waals surface area contributed by atoms with E-state index in [9.17, 15) is 22.8 Å². The number of fused-ring (bicyclic) bond motifs is 1. The first-order valence-corrected chi connectivity index (χ1v) is 13.8. The third kappa shape index (κ3) is 7.89. The van der Waals surface area contributed by atoms with Crippen molar-refractivity contribution in [1.29, 1.82) is 0 Å². The fraction of sp³-hybridized carbons (Fsp3) is 0.444. The zero-order valence-electron chi connectivity index (χ0n) is 21.6. The van der Waals surface area contributed by atoms with Gasteiger partial charge < -0.3 is 19.4 Å². The minimum Gasteiger partial charge on any atom is -0.487 e. The Labute approximate surface area is 228 Å². The highest BCUT2D eigenvalue weighted by Crippen LogP contribution is 2.34. The quantitative estimate of drug-likeness (QED) is 0.274. The van der Waals surface area contributed by atoms with Gasteiger partial charge in [0.25, 0.3) is 0 Å². The molecule has 12 heteroatoms. The molecule has 1 fully saturated rings. The summed E-state index contributed by atoms with van der Waals surface area (Å²) in [6, 6.07) is 6.82. The van der Waals surface area contributed by atoms with Crippen LogP contribution in [0.1, 0.15) is 30.6 Å². The van der Waals surface area contributed by atoms with E-state index in [4.69, 9.17) is 9.15 Å². The minimum absolute atomic E-state index is 0.0882. The van der Waals surface area contributed by atoms with E-state index in [0.29, 0.717) is 56.0 Å². The van der Waals surface area contributed by atoms with Crippen molar-refractivity contribution >= 4 is 28.7 Å². The molecule has 4 rings (SSSR count). The van der Waals surface area contributed by atoms with Crippen LogP contribution in [0.3, 0.4) is 0 Å². The number of nitrogens with zero attached hydrogens (tertiary/aromatic N) is 3. The van der Waals surface area contributed by atoms with Crippen molar-refractivity contribution in [1.82, 2.24) is 20.1 Å². The predicted octanol–water partition coefficient (Wildman–Crippen LogP) is 5.01. The molecule has 0 atom stereocenters. The van der Waals surface area contributed by atoms with Gasteiger partial charge in [-0.25, -0.2) is 4.79 Å². The Balaban J connectivity index is 1.16. The van der Waals surface area contributed by atoms with Crippen molar-refractivity contribution in [2.24, 2.45) is 0 Å². The lowest BCUT2D eigenvalue weighted by atomic mass is 10.1. The number of aromatic nitrogens is 1. The van der Waals surface area contributed by atoms with Gasteiger partial charge in [-0.3, -0.25) is 14.7 Å². The largest absolute Gasteiger partial charge is 0.487 e. The molecule has 0 unspecified atom stereocenters. The number of carbonyl (C=O) groups is 1. The number of unbranched alkanes of at least 4 members (excludes halogenated alkanes) is 2. The van der Waals surface area contributed by atoms with Gasteiger partial charge in [0.05, 0.1) is 24.2 Å². The summed E-state index contributed by atoms with van der Waals surface area (Å²) in [6.07, 6.45) is 1.01. The van der Waals surface area contributed by atoms with Gasteiger partial charge in [0.15, 0.2) is 0 Å². The topological polar surface area (TPSA) is 87.9 Å². The van der Waals surface area contributed by atoms with Crippen LogP contribution in [0.25, 0.3) is 10.9 Å². The Morgan fingerprint density at radius 1 is 1.13 bits per heavy atom. The fourth-order valence-corrected chi connectivity index (χ4v) is 5.34. The summed E-state index contributed by atoms with van der Waals surface area (Å²) >= 11 is 1.58. The lowest BCUT2D eigenvalue weighted by Crippen LogP contribution is -2.50. The molecule has 3 heterocycles. The molecule has 0 radical (unpaired) electrons. The molecule has 0 bridgehead atoms. The first-order chi connectivity index (χ1) is 18.7. The predicted molar refractivity (Wildman–Crippen MR) is 143 cm³/mol. The number of halogens is 3. The Morgan fingerprint density at radius 3 is 2.64 bits per heavy atom. The maximum absolute atomic E-state index is 13.0. The van der Waals surface area contributed by atoms with Crippen molar-refractivity contribution in [2.45, 2.75) is 36.9 Å². The van der Waals surface area contributed by atoms with Crippen LogP contribution in [0.2, 0.25) is 0 Å². The molecule has 0 aliphatic carbocycles. The van der Waals surface area contributed by atoms with E-state index in [-0.39, 0.29) is 17.2 Å². The lowest BCUT2D eigenvalue weighted by molar-refractivity contribution is -0.137. The molecular weight excluding hydrogens is 533 g/mol. The molecule has 0 spiro atoms. The van der Waals surface area contributed by atoms with E-state index in [1.807, 2.05) is 6.07 Å². The van der Waals surface area contributed by atoms with Crippen molar-refractivity contribution < 1.29 is 27.1 Å². The summed E-state index contributed by atoms with van der Waals surface area (Å²) in [4.78, 5) is 33.0. The third-order valence-corrected chi connectivity index (χ3v) is 7.60.